The van der Waals surface area contributed by atoms with Gasteiger partial charge in [0, 0.05) is 33.1 Å². The Hall–Kier alpha value is -1.30. The van der Waals surface area contributed by atoms with Crippen molar-refractivity contribution >= 4 is 11.9 Å². The Labute approximate surface area is 76.6 Å². The highest BCUT2D eigenvalue weighted by Crippen LogP contribution is 2.05. The van der Waals surface area contributed by atoms with Crippen molar-refractivity contribution in [3.63, 3.8) is 0 Å². The third kappa shape index (κ3) is 2.32. The van der Waals surface area contributed by atoms with E-state index in [4.69, 9.17) is 5.84 Å². The molecule has 0 aromatic rings. The third-order valence-corrected chi connectivity index (χ3v) is 2.07. The summed E-state index contributed by atoms with van der Waals surface area (Å²) in [5.41, 5.74) is 2.02. The van der Waals surface area contributed by atoms with Gasteiger partial charge in [0.05, 0.1) is 0 Å². The van der Waals surface area contributed by atoms with E-state index in [2.05, 4.69) is 0 Å². The molecule has 1 heterocycles. The first-order valence-corrected chi connectivity index (χ1v) is 4.14. The van der Waals surface area contributed by atoms with E-state index in [0.717, 1.165) is 6.54 Å². The van der Waals surface area contributed by atoms with Crippen LogP contribution in [-0.4, -0.2) is 48.4 Å². The largest absolute Gasteiger partial charge is 0.326 e. The molecular weight excluding hydrogens is 172 g/mol. The molecule has 0 saturated carbocycles. The number of likely N-dealkylation sites (N-methyl/N-ethyl adjacent to an activating group) is 1. The third-order valence-electron chi connectivity index (χ3n) is 2.07. The SMILES string of the molecule is CN1CCN(CCC(=O)NN)C1=O. The number of carbonyl (C=O) groups excluding carboxylic acids is 2. The second-order valence-corrected chi connectivity index (χ2v) is 3.01. The van der Waals surface area contributed by atoms with Gasteiger partial charge in [-0.1, -0.05) is 0 Å². The Bertz CT molecular complexity index is 219. The molecular formula is C7H14N4O2. The number of carbonyl (C=O) groups is 2. The van der Waals surface area contributed by atoms with Crippen LogP contribution in [0.2, 0.25) is 0 Å². The average molecular weight is 186 g/mol. The highest BCUT2D eigenvalue weighted by molar-refractivity contribution is 5.78. The van der Waals surface area contributed by atoms with Crippen LogP contribution in [0.3, 0.4) is 0 Å². The summed E-state index contributed by atoms with van der Waals surface area (Å²) in [4.78, 5) is 25.3. The van der Waals surface area contributed by atoms with Crippen LogP contribution in [0.1, 0.15) is 6.42 Å². The number of nitrogens with zero attached hydrogens (tertiary/aromatic N) is 2. The summed E-state index contributed by atoms with van der Waals surface area (Å²) >= 11 is 0. The summed E-state index contributed by atoms with van der Waals surface area (Å²) in [5, 5.41) is 0. The first kappa shape index (κ1) is 9.79. The van der Waals surface area contributed by atoms with Crippen molar-refractivity contribution in [3.8, 4) is 0 Å². The van der Waals surface area contributed by atoms with Crippen LogP contribution in [0.15, 0.2) is 0 Å². The predicted octanol–water partition coefficient (Wildman–Crippen LogP) is -1.27. The second kappa shape index (κ2) is 4.08. The van der Waals surface area contributed by atoms with E-state index in [-0.39, 0.29) is 18.4 Å². The lowest BCUT2D eigenvalue weighted by Crippen LogP contribution is -2.36. The van der Waals surface area contributed by atoms with Crippen molar-refractivity contribution in [3.05, 3.63) is 0 Å². The van der Waals surface area contributed by atoms with Crippen LogP contribution in [-0.2, 0) is 4.79 Å². The van der Waals surface area contributed by atoms with E-state index in [9.17, 15) is 9.59 Å². The first-order chi connectivity index (χ1) is 6.15. The Morgan fingerprint density at radius 2 is 2.31 bits per heavy atom. The van der Waals surface area contributed by atoms with Gasteiger partial charge in [-0.2, -0.15) is 0 Å². The maximum absolute atomic E-state index is 11.3. The van der Waals surface area contributed by atoms with Crippen molar-refractivity contribution in [2.75, 3.05) is 26.7 Å². The van der Waals surface area contributed by atoms with Gasteiger partial charge >= 0.3 is 6.03 Å². The van der Waals surface area contributed by atoms with Gasteiger partial charge in [-0.15, -0.1) is 0 Å². The number of amides is 3. The molecule has 0 atom stereocenters. The molecule has 0 aromatic heterocycles. The van der Waals surface area contributed by atoms with Crippen molar-refractivity contribution in [1.29, 1.82) is 0 Å². The molecule has 1 aliphatic heterocycles. The van der Waals surface area contributed by atoms with E-state index < -0.39 is 0 Å². The molecule has 3 amide bonds. The summed E-state index contributed by atoms with van der Waals surface area (Å²) in [6.45, 7) is 1.85. The van der Waals surface area contributed by atoms with Crippen LogP contribution in [0.25, 0.3) is 0 Å². The Morgan fingerprint density at radius 3 is 2.77 bits per heavy atom. The number of nitrogens with two attached hydrogens (primary N) is 1. The van der Waals surface area contributed by atoms with Crippen molar-refractivity contribution in [1.82, 2.24) is 15.2 Å². The lowest BCUT2D eigenvalue weighted by molar-refractivity contribution is -0.121. The summed E-state index contributed by atoms with van der Waals surface area (Å²) in [7, 11) is 1.74. The van der Waals surface area contributed by atoms with Gasteiger partial charge in [0.1, 0.15) is 0 Å². The highest BCUT2D eigenvalue weighted by Gasteiger charge is 2.24. The summed E-state index contributed by atoms with van der Waals surface area (Å²) in [5.74, 6) is 4.66. The molecule has 1 fully saturated rings. The maximum Gasteiger partial charge on any atom is 0.319 e. The van der Waals surface area contributed by atoms with Crippen LogP contribution in [0, 0.1) is 0 Å². The van der Waals surface area contributed by atoms with E-state index in [0.29, 0.717) is 13.1 Å². The normalized spacial score (nSPS) is 16.6. The molecule has 1 aliphatic rings. The van der Waals surface area contributed by atoms with Gasteiger partial charge in [-0.3, -0.25) is 10.2 Å². The van der Waals surface area contributed by atoms with Crippen molar-refractivity contribution in [2.45, 2.75) is 6.42 Å². The number of urea groups is 1. The summed E-state index contributed by atoms with van der Waals surface area (Å²) in [6, 6.07) is -0.0233. The molecule has 0 spiro atoms. The average Bonchev–Trinajstić information content (AvgIpc) is 2.44. The monoisotopic (exact) mass is 186 g/mol. The van der Waals surface area contributed by atoms with Gasteiger partial charge in [-0.05, 0) is 0 Å². The Balaban J connectivity index is 2.30. The van der Waals surface area contributed by atoms with E-state index >= 15 is 0 Å². The summed E-state index contributed by atoms with van der Waals surface area (Å²) < 4.78 is 0. The lowest BCUT2D eigenvalue weighted by atomic mass is 10.4. The van der Waals surface area contributed by atoms with Crippen molar-refractivity contribution in [2.24, 2.45) is 5.84 Å². The van der Waals surface area contributed by atoms with E-state index in [1.165, 1.54) is 0 Å². The maximum atomic E-state index is 11.3. The molecule has 3 N–H and O–H groups in total. The van der Waals surface area contributed by atoms with Gasteiger partial charge in [0.15, 0.2) is 0 Å². The molecule has 1 saturated heterocycles. The first-order valence-electron chi connectivity index (χ1n) is 4.14. The minimum atomic E-state index is -0.248. The topological polar surface area (TPSA) is 78.7 Å². The minimum Gasteiger partial charge on any atom is -0.326 e. The zero-order valence-electron chi connectivity index (χ0n) is 7.62. The quantitative estimate of drug-likeness (QED) is 0.328. The standard InChI is InChI=1S/C7H14N4O2/c1-10-4-5-11(7(10)13)3-2-6(12)9-8/h2-5,8H2,1H3,(H,9,12). The molecule has 0 unspecified atom stereocenters. The van der Waals surface area contributed by atoms with Gasteiger partial charge in [0.2, 0.25) is 5.91 Å². The molecule has 74 valence electrons. The highest BCUT2D eigenvalue weighted by atomic mass is 16.2. The molecule has 6 heteroatoms. The van der Waals surface area contributed by atoms with Crippen molar-refractivity contribution < 1.29 is 9.59 Å². The lowest BCUT2D eigenvalue weighted by Gasteiger charge is -2.14. The number of hydrazine groups is 1. The minimum absolute atomic E-state index is 0.0233. The molecule has 0 aromatic carbocycles. The van der Waals surface area contributed by atoms with Crippen LogP contribution >= 0.6 is 0 Å². The number of rotatable bonds is 3. The fourth-order valence-electron chi connectivity index (χ4n) is 1.22. The predicted molar refractivity (Wildman–Crippen MR) is 46.5 cm³/mol. The van der Waals surface area contributed by atoms with Crippen LogP contribution in [0.5, 0.6) is 0 Å². The molecule has 0 radical (unpaired) electrons. The Kier molecular flexibility index (Phi) is 3.07. The van der Waals surface area contributed by atoms with Gasteiger partial charge in [-0.25, -0.2) is 10.6 Å². The summed E-state index contributed by atoms with van der Waals surface area (Å²) in [6.07, 6.45) is 0.260. The zero-order chi connectivity index (χ0) is 9.84. The number of nitrogens with one attached hydrogen (secondary N) is 1. The van der Waals surface area contributed by atoms with Gasteiger partial charge < -0.3 is 9.80 Å². The van der Waals surface area contributed by atoms with Crippen LogP contribution < -0.4 is 11.3 Å². The number of hydrogen-bond donors (Lipinski definition) is 2. The molecule has 6 nitrogen and oxygen atoms in total. The second-order valence-electron chi connectivity index (χ2n) is 3.01. The Morgan fingerprint density at radius 1 is 1.62 bits per heavy atom. The van der Waals surface area contributed by atoms with E-state index in [1.54, 1.807) is 16.8 Å². The molecule has 0 aliphatic carbocycles. The van der Waals surface area contributed by atoms with Gasteiger partial charge in [0.25, 0.3) is 0 Å². The number of hydrogen-bond acceptors (Lipinski definition) is 3. The fourth-order valence-corrected chi connectivity index (χ4v) is 1.22. The molecule has 13 heavy (non-hydrogen) atoms. The smallest absolute Gasteiger partial charge is 0.319 e. The molecule has 1 rings (SSSR count). The van der Waals surface area contributed by atoms with Crippen LogP contribution in [0.4, 0.5) is 4.79 Å². The zero-order valence-corrected chi connectivity index (χ0v) is 7.62. The van der Waals surface area contributed by atoms with E-state index in [1.807, 2.05) is 5.43 Å². The molecule has 0 bridgehead atoms. The fraction of sp³-hybridized carbons (Fsp3) is 0.714.